The fraction of sp³-hybridized carbons (Fsp3) is 0.818. The van der Waals surface area contributed by atoms with Gasteiger partial charge in [-0.25, -0.2) is 0 Å². The Kier molecular flexibility index (Phi) is 3.56. The van der Waals surface area contributed by atoms with Crippen molar-refractivity contribution in [3.63, 3.8) is 0 Å². The highest BCUT2D eigenvalue weighted by Crippen LogP contribution is 2.31. The van der Waals surface area contributed by atoms with Crippen LogP contribution in [-0.4, -0.2) is 27.4 Å². The maximum atomic E-state index is 5.85. The number of nitrogens with two attached hydrogens (primary N) is 1. The van der Waals surface area contributed by atoms with E-state index in [9.17, 15) is 0 Å². The first-order valence-electron chi connectivity index (χ1n) is 6.01. The van der Waals surface area contributed by atoms with E-state index >= 15 is 0 Å². The molecule has 5 nitrogen and oxygen atoms in total. The molecule has 0 aliphatic carbocycles. The number of aromatic nitrogens is 3. The third-order valence-corrected chi connectivity index (χ3v) is 3.07. The van der Waals surface area contributed by atoms with Crippen molar-refractivity contribution in [2.75, 3.05) is 6.54 Å². The van der Waals surface area contributed by atoms with Gasteiger partial charge in [-0.3, -0.25) is 0 Å². The fourth-order valence-corrected chi connectivity index (χ4v) is 2.20. The van der Waals surface area contributed by atoms with Crippen LogP contribution >= 0.6 is 0 Å². The molecule has 1 aromatic rings. The largest absolute Gasteiger partial charge is 0.366 e. The Morgan fingerprint density at radius 2 is 2.25 bits per heavy atom. The van der Waals surface area contributed by atoms with Crippen molar-refractivity contribution in [3.8, 4) is 0 Å². The summed E-state index contributed by atoms with van der Waals surface area (Å²) in [6, 6.07) is 0. The van der Waals surface area contributed by atoms with Crippen molar-refractivity contribution in [1.29, 1.82) is 0 Å². The minimum absolute atomic E-state index is 0.0845. The van der Waals surface area contributed by atoms with Crippen LogP contribution in [0.25, 0.3) is 0 Å². The van der Waals surface area contributed by atoms with E-state index in [4.69, 9.17) is 10.5 Å². The Morgan fingerprint density at radius 3 is 2.88 bits per heavy atom. The molecule has 2 unspecified atom stereocenters. The van der Waals surface area contributed by atoms with Gasteiger partial charge in [0.25, 0.3) is 0 Å². The van der Waals surface area contributed by atoms with Crippen LogP contribution in [-0.2, 0) is 11.3 Å². The highest BCUT2D eigenvalue weighted by molar-refractivity contribution is 5.00. The van der Waals surface area contributed by atoms with E-state index in [0.717, 1.165) is 37.5 Å². The maximum absolute atomic E-state index is 5.85. The number of nitrogens with zero attached hydrogens (tertiary/aromatic N) is 3. The van der Waals surface area contributed by atoms with Gasteiger partial charge in [0.2, 0.25) is 0 Å². The molecule has 2 rings (SSSR count). The monoisotopic (exact) mass is 224 g/mol. The summed E-state index contributed by atoms with van der Waals surface area (Å²) in [7, 11) is 0. The number of ether oxygens (including phenoxy) is 1. The van der Waals surface area contributed by atoms with Crippen LogP contribution in [0.2, 0.25) is 0 Å². The van der Waals surface area contributed by atoms with E-state index in [-0.39, 0.29) is 12.2 Å². The summed E-state index contributed by atoms with van der Waals surface area (Å²) in [6.07, 6.45) is 3.39. The number of rotatable bonds is 4. The van der Waals surface area contributed by atoms with Crippen LogP contribution in [0.4, 0.5) is 0 Å². The summed E-state index contributed by atoms with van der Waals surface area (Å²) in [5, 5.41) is 8.36. The van der Waals surface area contributed by atoms with E-state index < -0.39 is 0 Å². The minimum atomic E-state index is 0.0845. The van der Waals surface area contributed by atoms with Gasteiger partial charge in [0.05, 0.1) is 6.10 Å². The lowest BCUT2D eigenvalue weighted by atomic mass is 10.2. The van der Waals surface area contributed by atoms with E-state index in [1.807, 2.05) is 6.92 Å². The quantitative estimate of drug-likeness (QED) is 0.834. The molecule has 16 heavy (non-hydrogen) atoms. The third kappa shape index (κ3) is 2.10. The molecule has 2 N–H and O–H groups in total. The van der Waals surface area contributed by atoms with Crippen LogP contribution in [0.5, 0.6) is 0 Å². The van der Waals surface area contributed by atoms with Gasteiger partial charge in [-0.2, -0.15) is 0 Å². The molecule has 1 aliphatic heterocycles. The fourth-order valence-electron chi connectivity index (χ4n) is 2.20. The number of aryl methyl sites for hydroxylation is 1. The number of hydrogen-bond donors (Lipinski definition) is 1. The van der Waals surface area contributed by atoms with Gasteiger partial charge in [0.15, 0.2) is 5.82 Å². The molecule has 1 aromatic heterocycles. The topological polar surface area (TPSA) is 66.0 Å². The summed E-state index contributed by atoms with van der Waals surface area (Å²) in [5.41, 5.74) is 5.61. The predicted octanol–water partition coefficient (Wildman–Crippen LogP) is 1.18. The van der Waals surface area contributed by atoms with E-state index in [0.29, 0.717) is 6.54 Å². The summed E-state index contributed by atoms with van der Waals surface area (Å²) in [5.74, 6) is 1.94. The van der Waals surface area contributed by atoms with Crippen molar-refractivity contribution >= 4 is 0 Å². The average Bonchev–Trinajstić information content (AvgIpc) is 2.87. The zero-order valence-electron chi connectivity index (χ0n) is 10.0. The maximum Gasteiger partial charge on any atom is 0.162 e. The van der Waals surface area contributed by atoms with Crippen LogP contribution in [0, 0.1) is 6.92 Å². The zero-order chi connectivity index (χ0) is 11.5. The van der Waals surface area contributed by atoms with Gasteiger partial charge in [0.1, 0.15) is 11.9 Å². The molecule has 1 fully saturated rings. The van der Waals surface area contributed by atoms with Gasteiger partial charge in [-0.05, 0) is 26.2 Å². The van der Waals surface area contributed by atoms with Crippen molar-refractivity contribution in [3.05, 3.63) is 11.6 Å². The smallest absolute Gasteiger partial charge is 0.162 e. The second kappa shape index (κ2) is 4.93. The highest BCUT2D eigenvalue weighted by atomic mass is 16.5. The molecular formula is C11H20N4O. The Hall–Kier alpha value is -0.940. The molecule has 5 heteroatoms. The lowest BCUT2D eigenvalue weighted by Crippen LogP contribution is -2.19. The van der Waals surface area contributed by atoms with Crippen LogP contribution < -0.4 is 5.73 Å². The Balaban J connectivity index is 2.14. The first-order chi connectivity index (χ1) is 7.76. The van der Waals surface area contributed by atoms with Gasteiger partial charge < -0.3 is 15.0 Å². The Bertz CT molecular complexity index is 350. The van der Waals surface area contributed by atoms with Crippen molar-refractivity contribution in [1.82, 2.24) is 14.8 Å². The SMILES string of the molecule is CCCn1c(C)nnc1C1CCC(CN)O1. The van der Waals surface area contributed by atoms with Crippen molar-refractivity contribution in [2.45, 2.75) is 51.9 Å². The zero-order valence-corrected chi connectivity index (χ0v) is 10.0. The van der Waals surface area contributed by atoms with Gasteiger partial charge in [-0.1, -0.05) is 6.92 Å². The van der Waals surface area contributed by atoms with E-state index in [1.54, 1.807) is 0 Å². The molecular weight excluding hydrogens is 204 g/mol. The average molecular weight is 224 g/mol. The second-order valence-electron chi connectivity index (χ2n) is 4.32. The lowest BCUT2D eigenvalue weighted by Gasteiger charge is -2.13. The lowest BCUT2D eigenvalue weighted by molar-refractivity contribution is 0.0424. The highest BCUT2D eigenvalue weighted by Gasteiger charge is 2.29. The molecule has 2 heterocycles. The third-order valence-electron chi connectivity index (χ3n) is 3.07. The first-order valence-corrected chi connectivity index (χ1v) is 6.01. The normalized spacial score (nSPS) is 25.2. The number of hydrogen-bond acceptors (Lipinski definition) is 4. The van der Waals surface area contributed by atoms with Crippen molar-refractivity contribution in [2.24, 2.45) is 5.73 Å². The van der Waals surface area contributed by atoms with Crippen molar-refractivity contribution < 1.29 is 4.74 Å². The molecule has 1 aliphatic rings. The molecule has 0 saturated carbocycles. The van der Waals surface area contributed by atoms with Gasteiger partial charge in [-0.15, -0.1) is 10.2 Å². The van der Waals surface area contributed by atoms with Crippen LogP contribution in [0.3, 0.4) is 0 Å². The Labute approximate surface area is 96.0 Å². The predicted molar refractivity (Wildman–Crippen MR) is 61.0 cm³/mol. The summed E-state index contributed by atoms with van der Waals surface area (Å²) in [6.45, 7) is 5.70. The molecule has 0 spiro atoms. The van der Waals surface area contributed by atoms with E-state index in [1.165, 1.54) is 0 Å². The van der Waals surface area contributed by atoms with Gasteiger partial charge >= 0.3 is 0 Å². The molecule has 0 bridgehead atoms. The molecule has 0 aromatic carbocycles. The van der Waals surface area contributed by atoms with E-state index in [2.05, 4.69) is 21.7 Å². The molecule has 1 saturated heterocycles. The van der Waals surface area contributed by atoms with Gasteiger partial charge in [0, 0.05) is 13.1 Å². The van der Waals surface area contributed by atoms with Crippen LogP contribution in [0.1, 0.15) is 43.9 Å². The molecule has 90 valence electrons. The molecule has 0 amide bonds. The molecule has 0 radical (unpaired) electrons. The standard InChI is InChI=1S/C11H20N4O/c1-3-6-15-8(2)13-14-11(15)10-5-4-9(7-12)16-10/h9-10H,3-7,12H2,1-2H3. The second-order valence-corrected chi connectivity index (χ2v) is 4.32. The first kappa shape index (κ1) is 11.5. The summed E-state index contributed by atoms with van der Waals surface area (Å²) in [4.78, 5) is 0. The Morgan fingerprint density at radius 1 is 1.44 bits per heavy atom. The minimum Gasteiger partial charge on any atom is -0.366 e. The van der Waals surface area contributed by atoms with Crippen LogP contribution in [0.15, 0.2) is 0 Å². The molecule has 2 atom stereocenters. The summed E-state index contributed by atoms with van der Waals surface area (Å²) < 4.78 is 8.00. The summed E-state index contributed by atoms with van der Waals surface area (Å²) >= 11 is 0.